The Labute approximate surface area is 169 Å². The molecular formula is C22H24N2O5. The zero-order chi connectivity index (χ0) is 21.0. The van der Waals surface area contributed by atoms with Crippen molar-refractivity contribution in [1.29, 1.82) is 0 Å². The number of esters is 1. The lowest BCUT2D eigenvalue weighted by Crippen LogP contribution is -2.22. The van der Waals surface area contributed by atoms with E-state index in [1.54, 1.807) is 32.2 Å². The van der Waals surface area contributed by atoms with Crippen LogP contribution in [0.1, 0.15) is 37.5 Å². The number of aliphatic hydroxyl groups excluding tert-OH is 1. The number of rotatable bonds is 7. The quantitative estimate of drug-likeness (QED) is 0.434. The van der Waals surface area contributed by atoms with Gasteiger partial charge in [0, 0.05) is 17.8 Å². The van der Waals surface area contributed by atoms with Gasteiger partial charge in [0.05, 0.1) is 5.71 Å². The average Bonchev–Trinajstić information content (AvgIpc) is 2.89. The number of aliphatic hydroxyl groups is 1. The van der Waals surface area contributed by atoms with Crippen LogP contribution in [0, 0.1) is 6.92 Å². The summed E-state index contributed by atoms with van der Waals surface area (Å²) in [6, 6.07) is 11.5. The molecule has 0 fully saturated rings. The van der Waals surface area contributed by atoms with Crippen molar-refractivity contribution in [3.63, 3.8) is 0 Å². The summed E-state index contributed by atoms with van der Waals surface area (Å²) < 4.78 is 10.6. The Kier molecular flexibility index (Phi) is 5.87. The molecular weight excluding hydrogens is 372 g/mol. The van der Waals surface area contributed by atoms with Crippen LogP contribution in [0.25, 0.3) is 0 Å². The zero-order valence-corrected chi connectivity index (χ0v) is 16.9. The fraction of sp³-hybridized carbons (Fsp3) is 0.318. The van der Waals surface area contributed by atoms with Crippen LogP contribution in [0.15, 0.2) is 59.1 Å². The summed E-state index contributed by atoms with van der Waals surface area (Å²) >= 11 is 0. The number of oxime groups is 1. The molecule has 7 heteroatoms. The molecule has 2 heterocycles. The topological polar surface area (TPSA) is 90.2 Å². The molecule has 29 heavy (non-hydrogen) atoms. The first-order chi connectivity index (χ1) is 13.8. The molecule has 0 saturated heterocycles. The molecule has 0 aliphatic carbocycles. The number of pyridine rings is 1. The Hall–Kier alpha value is -3.35. The third-order valence-electron chi connectivity index (χ3n) is 4.52. The van der Waals surface area contributed by atoms with E-state index in [0.717, 1.165) is 11.1 Å². The minimum atomic E-state index is -1.03. The minimum Gasteiger partial charge on any atom is -0.507 e. The Morgan fingerprint density at radius 2 is 1.90 bits per heavy atom. The highest BCUT2D eigenvalue weighted by molar-refractivity contribution is 5.98. The van der Waals surface area contributed by atoms with Gasteiger partial charge in [-0.1, -0.05) is 35.0 Å². The van der Waals surface area contributed by atoms with E-state index in [-0.39, 0.29) is 17.9 Å². The zero-order valence-electron chi connectivity index (χ0n) is 16.9. The van der Waals surface area contributed by atoms with Crippen molar-refractivity contribution in [2.24, 2.45) is 5.16 Å². The van der Waals surface area contributed by atoms with Crippen LogP contribution in [0.3, 0.4) is 0 Å². The van der Waals surface area contributed by atoms with Crippen LogP contribution in [0.4, 0.5) is 0 Å². The largest absolute Gasteiger partial charge is 0.507 e. The van der Waals surface area contributed by atoms with E-state index < -0.39 is 11.6 Å². The van der Waals surface area contributed by atoms with Crippen molar-refractivity contribution >= 4 is 11.7 Å². The molecule has 0 atom stereocenters. The van der Waals surface area contributed by atoms with Crippen molar-refractivity contribution in [2.75, 3.05) is 6.61 Å². The first-order valence-electron chi connectivity index (χ1n) is 9.23. The highest BCUT2D eigenvalue weighted by Crippen LogP contribution is 2.30. The summed E-state index contributed by atoms with van der Waals surface area (Å²) in [7, 11) is 0. The Morgan fingerprint density at radius 3 is 2.48 bits per heavy atom. The number of hydrogen-bond acceptors (Lipinski definition) is 7. The lowest BCUT2D eigenvalue weighted by Gasteiger charge is -2.16. The molecule has 1 aromatic heterocycles. The molecule has 7 nitrogen and oxygen atoms in total. The third kappa shape index (κ3) is 4.93. The molecule has 1 aliphatic heterocycles. The number of nitrogens with zero attached hydrogens (tertiary/aromatic N) is 2. The number of cyclic esters (lactones) is 1. The predicted octanol–water partition coefficient (Wildman–Crippen LogP) is 3.86. The van der Waals surface area contributed by atoms with Crippen LogP contribution >= 0.6 is 0 Å². The number of aryl methyl sites for hydroxylation is 1. The molecule has 2 aromatic rings. The third-order valence-corrected chi connectivity index (χ3v) is 4.52. The van der Waals surface area contributed by atoms with Gasteiger partial charge < -0.3 is 19.4 Å². The fourth-order valence-corrected chi connectivity index (χ4v) is 2.70. The lowest BCUT2D eigenvalue weighted by atomic mass is 10.1. The van der Waals surface area contributed by atoms with Gasteiger partial charge in [-0.25, -0.2) is 9.78 Å². The molecule has 3 rings (SSSR count). The van der Waals surface area contributed by atoms with Crippen molar-refractivity contribution in [1.82, 2.24) is 4.98 Å². The van der Waals surface area contributed by atoms with Gasteiger partial charge in [0.2, 0.25) is 5.88 Å². The standard InChI is InChI=1S/C22H24N2O5/c1-14-5-7-16(8-6-14)12-28-24-15(2)17-9-10-19(23-11-17)27-13-18-20(25)22(3,4)29-21(18)26/h5-11,25H,12-13H2,1-4H3/b24-15+. The van der Waals surface area contributed by atoms with Gasteiger partial charge in [0.25, 0.3) is 0 Å². The predicted molar refractivity (Wildman–Crippen MR) is 108 cm³/mol. The van der Waals surface area contributed by atoms with Crippen LogP contribution in [0.5, 0.6) is 5.88 Å². The highest BCUT2D eigenvalue weighted by atomic mass is 16.6. The smallest absolute Gasteiger partial charge is 0.342 e. The van der Waals surface area contributed by atoms with E-state index in [9.17, 15) is 9.90 Å². The van der Waals surface area contributed by atoms with Gasteiger partial charge in [-0.2, -0.15) is 0 Å². The molecule has 0 spiro atoms. The van der Waals surface area contributed by atoms with E-state index >= 15 is 0 Å². The molecule has 1 N–H and O–H groups in total. The second-order valence-corrected chi connectivity index (χ2v) is 7.34. The van der Waals surface area contributed by atoms with E-state index in [2.05, 4.69) is 10.1 Å². The normalized spacial score (nSPS) is 16.0. The van der Waals surface area contributed by atoms with Crippen LogP contribution in [-0.4, -0.2) is 34.0 Å². The van der Waals surface area contributed by atoms with E-state index in [4.69, 9.17) is 14.3 Å². The number of carbonyl (C=O) groups excluding carboxylic acids is 1. The van der Waals surface area contributed by atoms with Gasteiger partial charge >= 0.3 is 5.97 Å². The molecule has 1 aromatic carbocycles. The maximum atomic E-state index is 11.8. The summed E-state index contributed by atoms with van der Waals surface area (Å²) in [4.78, 5) is 21.4. The lowest BCUT2D eigenvalue weighted by molar-refractivity contribution is -0.145. The van der Waals surface area contributed by atoms with Crippen LogP contribution in [0.2, 0.25) is 0 Å². The first kappa shape index (κ1) is 20.4. The summed E-state index contributed by atoms with van der Waals surface area (Å²) in [5.74, 6) is -0.384. The second-order valence-electron chi connectivity index (χ2n) is 7.34. The summed E-state index contributed by atoms with van der Waals surface area (Å²) in [5.41, 5.74) is 2.77. The van der Waals surface area contributed by atoms with Crippen LogP contribution in [-0.2, 0) is 21.0 Å². The van der Waals surface area contributed by atoms with E-state index in [0.29, 0.717) is 18.2 Å². The SMILES string of the molecule is C/C(=N\OCc1ccc(C)cc1)c1ccc(OCC2=C(O)C(C)(C)OC2=O)nc1. The van der Waals surface area contributed by atoms with E-state index in [1.165, 1.54) is 5.56 Å². The molecule has 0 bridgehead atoms. The van der Waals surface area contributed by atoms with Crippen LogP contribution < -0.4 is 4.74 Å². The van der Waals surface area contributed by atoms with Crippen molar-refractivity contribution in [3.8, 4) is 5.88 Å². The summed E-state index contributed by atoms with van der Waals surface area (Å²) in [6.07, 6.45) is 1.61. The number of hydrogen-bond donors (Lipinski definition) is 1. The average molecular weight is 396 g/mol. The van der Waals surface area contributed by atoms with Crippen molar-refractivity contribution in [2.45, 2.75) is 39.9 Å². The molecule has 0 saturated carbocycles. The highest BCUT2D eigenvalue weighted by Gasteiger charge is 2.40. The number of aromatic nitrogens is 1. The molecule has 0 unspecified atom stereocenters. The Morgan fingerprint density at radius 1 is 1.17 bits per heavy atom. The maximum Gasteiger partial charge on any atom is 0.342 e. The number of carbonyl (C=O) groups is 1. The van der Waals surface area contributed by atoms with E-state index in [1.807, 2.05) is 38.1 Å². The molecule has 152 valence electrons. The van der Waals surface area contributed by atoms with Crippen molar-refractivity contribution < 1.29 is 24.2 Å². The molecule has 0 radical (unpaired) electrons. The molecule has 1 aliphatic rings. The Bertz CT molecular complexity index is 944. The second kappa shape index (κ2) is 8.34. The van der Waals surface area contributed by atoms with Gasteiger partial charge in [0.15, 0.2) is 5.60 Å². The number of ether oxygens (including phenoxy) is 2. The van der Waals surface area contributed by atoms with Gasteiger partial charge in [-0.05, 0) is 39.3 Å². The minimum absolute atomic E-state index is 0.100. The van der Waals surface area contributed by atoms with Gasteiger partial charge in [-0.15, -0.1) is 0 Å². The summed E-state index contributed by atoms with van der Waals surface area (Å²) in [5, 5.41) is 14.2. The maximum absolute atomic E-state index is 11.8. The van der Waals surface area contributed by atoms with Gasteiger partial charge in [0.1, 0.15) is 24.5 Å². The fourth-order valence-electron chi connectivity index (χ4n) is 2.70. The van der Waals surface area contributed by atoms with Crippen molar-refractivity contribution in [3.05, 3.63) is 70.6 Å². The number of benzene rings is 1. The first-order valence-corrected chi connectivity index (χ1v) is 9.23. The monoisotopic (exact) mass is 396 g/mol. The molecule has 0 amide bonds. The Balaban J connectivity index is 1.56. The van der Waals surface area contributed by atoms with Gasteiger partial charge in [-0.3, -0.25) is 0 Å². The summed E-state index contributed by atoms with van der Waals surface area (Å²) in [6.45, 7) is 7.36.